The van der Waals surface area contributed by atoms with Crippen molar-refractivity contribution < 1.29 is 21.6 Å². The lowest BCUT2D eigenvalue weighted by molar-refractivity contribution is -0.143. The first-order chi connectivity index (χ1) is 12.1. The number of nitrogens with zero attached hydrogens (tertiary/aromatic N) is 3. The van der Waals surface area contributed by atoms with Crippen molar-refractivity contribution in [3.63, 3.8) is 0 Å². The zero-order chi connectivity index (χ0) is 19.1. The summed E-state index contributed by atoms with van der Waals surface area (Å²) in [4.78, 5) is -0.806. The highest BCUT2D eigenvalue weighted by Gasteiger charge is 2.42. The summed E-state index contributed by atoms with van der Waals surface area (Å²) in [5.41, 5.74) is 1.69. The Hall–Kier alpha value is -2.13. The highest BCUT2D eigenvalue weighted by molar-refractivity contribution is 7.89. The third kappa shape index (κ3) is 3.54. The second-order valence-electron chi connectivity index (χ2n) is 6.23. The molecule has 5 nitrogen and oxygen atoms in total. The predicted octanol–water partition coefficient (Wildman–Crippen LogP) is 3.23. The molecule has 140 valence electrons. The van der Waals surface area contributed by atoms with Crippen LogP contribution >= 0.6 is 0 Å². The van der Waals surface area contributed by atoms with Crippen LogP contribution in [0.4, 0.5) is 13.2 Å². The zero-order valence-electron chi connectivity index (χ0n) is 14.3. The van der Waals surface area contributed by atoms with Crippen LogP contribution in [0.3, 0.4) is 0 Å². The average Bonchev–Trinajstić information content (AvgIpc) is 2.98. The van der Waals surface area contributed by atoms with Gasteiger partial charge in [-0.3, -0.25) is 4.68 Å². The summed E-state index contributed by atoms with van der Waals surface area (Å²) in [6.45, 7) is 2.11. The number of halogens is 3. The molecule has 0 radical (unpaired) electrons. The van der Waals surface area contributed by atoms with Crippen molar-refractivity contribution in [2.45, 2.75) is 24.4 Å². The Morgan fingerprint density at radius 2 is 1.96 bits per heavy atom. The van der Waals surface area contributed by atoms with E-state index in [0.717, 1.165) is 31.9 Å². The molecule has 0 aliphatic carbocycles. The van der Waals surface area contributed by atoms with Gasteiger partial charge in [0.05, 0.1) is 0 Å². The Labute approximate surface area is 149 Å². The number of hydrogen-bond donors (Lipinski definition) is 0. The minimum absolute atomic E-state index is 0.0256. The molecule has 1 aliphatic heterocycles. The monoisotopic (exact) mass is 385 g/mol. The third-order valence-electron chi connectivity index (χ3n) is 4.24. The normalized spacial score (nSPS) is 16.6. The Kier molecular flexibility index (Phi) is 4.70. The van der Waals surface area contributed by atoms with E-state index in [2.05, 4.69) is 5.10 Å². The molecule has 0 bridgehead atoms. The van der Waals surface area contributed by atoms with Gasteiger partial charge < -0.3 is 0 Å². The van der Waals surface area contributed by atoms with Gasteiger partial charge in [-0.15, -0.1) is 0 Å². The Morgan fingerprint density at radius 3 is 2.54 bits per heavy atom. The molecule has 9 heteroatoms. The molecule has 0 spiro atoms. The Morgan fingerprint density at radius 1 is 1.23 bits per heavy atom. The Bertz CT molecular complexity index is 962. The summed E-state index contributed by atoms with van der Waals surface area (Å²) >= 11 is 0. The highest BCUT2D eigenvalue weighted by Crippen LogP contribution is 2.35. The van der Waals surface area contributed by atoms with Crippen LogP contribution in [0.1, 0.15) is 23.2 Å². The van der Waals surface area contributed by atoms with Crippen LogP contribution in [0.15, 0.2) is 41.4 Å². The minimum atomic E-state index is -4.83. The smallest absolute Gasteiger partial charge is 0.274 e. The Balaban J connectivity index is 1.89. The van der Waals surface area contributed by atoms with Crippen LogP contribution in [0.5, 0.6) is 0 Å². The molecule has 0 amide bonds. The summed E-state index contributed by atoms with van der Waals surface area (Å²) in [6.07, 6.45) is -1.75. The molecule has 0 saturated heterocycles. The molecule has 2 heterocycles. The van der Waals surface area contributed by atoms with Crippen molar-refractivity contribution in [2.75, 3.05) is 13.1 Å². The lowest BCUT2D eigenvalue weighted by Gasteiger charge is -2.26. The first-order valence-corrected chi connectivity index (χ1v) is 9.40. The SMILES string of the molecule is Cc1cccc(C2=CCN(S(=O)(=O)c3cn(C)nc3C(F)(F)F)CC2)c1. The number of rotatable bonds is 3. The molecule has 3 rings (SSSR count). The van der Waals surface area contributed by atoms with E-state index < -0.39 is 26.8 Å². The van der Waals surface area contributed by atoms with Crippen molar-refractivity contribution in [1.82, 2.24) is 14.1 Å². The molecule has 0 unspecified atom stereocenters. The standard InChI is InChI=1S/C17H18F3N3O2S/c1-12-4-3-5-14(10-12)13-6-8-23(9-7-13)26(24,25)15-11-22(2)21-16(15)17(18,19)20/h3-6,10-11H,7-9H2,1-2H3. The van der Waals surface area contributed by atoms with Gasteiger partial charge in [0.2, 0.25) is 10.0 Å². The number of alkyl halides is 3. The van der Waals surface area contributed by atoms with Gasteiger partial charge in [0.25, 0.3) is 0 Å². The van der Waals surface area contributed by atoms with Gasteiger partial charge >= 0.3 is 6.18 Å². The number of aromatic nitrogens is 2. The van der Waals surface area contributed by atoms with Gasteiger partial charge in [0.1, 0.15) is 4.90 Å². The van der Waals surface area contributed by atoms with Crippen LogP contribution in [-0.4, -0.2) is 35.6 Å². The molecule has 2 aromatic rings. The molecule has 0 atom stereocenters. The van der Waals surface area contributed by atoms with Gasteiger partial charge in [-0.25, -0.2) is 8.42 Å². The number of hydrogen-bond acceptors (Lipinski definition) is 3. The van der Waals surface area contributed by atoms with Crippen molar-refractivity contribution in [2.24, 2.45) is 7.05 Å². The first kappa shape index (κ1) is 18.7. The van der Waals surface area contributed by atoms with Crippen LogP contribution in [0.25, 0.3) is 5.57 Å². The number of sulfonamides is 1. The van der Waals surface area contributed by atoms with E-state index in [1.807, 2.05) is 31.2 Å². The van der Waals surface area contributed by atoms with Crippen molar-refractivity contribution in [3.05, 3.63) is 53.4 Å². The van der Waals surface area contributed by atoms with Gasteiger partial charge in [0.15, 0.2) is 5.69 Å². The second-order valence-corrected chi connectivity index (χ2v) is 8.13. The third-order valence-corrected chi connectivity index (χ3v) is 6.11. The number of aryl methyl sites for hydroxylation is 2. The maximum Gasteiger partial charge on any atom is 0.436 e. The van der Waals surface area contributed by atoms with Crippen molar-refractivity contribution in [1.29, 1.82) is 0 Å². The summed E-state index contributed by atoms with van der Waals surface area (Å²) < 4.78 is 66.7. The van der Waals surface area contributed by atoms with Gasteiger partial charge in [-0.2, -0.15) is 22.6 Å². The van der Waals surface area contributed by atoms with E-state index in [1.54, 1.807) is 6.08 Å². The first-order valence-electron chi connectivity index (χ1n) is 7.96. The lowest BCUT2D eigenvalue weighted by Crippen LogP contribution is -2.35. The van der Waals surface area contributed by atoms with Crippen LogP contribution in [0, 0.1) is 6.92 Å². The fraction of sp³-hybridized carbons (Fsp3) is 0.353. The second kappa shape index (κ2) is 6.55. The topological polar surface area (TPSA) is 55.2 Å². The molecular weight excluding hydrogens is 367 g/mol. The van der Waals surface area contributed by atoms with E-state index in [1.165, 1.54) is 7.05 Å². The summed E-state index contributed by atoms with van der Waals surface area (Å²) in [5, 5.41) is 3.29. The van der Waals surface area contributed by atoms with Crippen molar-refractivity contribution >= 4 is 15.6 Å². The van der Waals surface area contributed by atoms with E-state index >= 15 is 0 Å². The molecule has 26 heavy (non-hydrogen) atoms. The fourth-order valence-electron chi connectivity index (χ4n) is 2.97. The molecule has 0 N–H and O–H groups in total. The summed E-state index contributed by atoms with van der Waals surface area (Å²) in [7, 11) is -3.02. The maximum absolute atomic E-state index is 13.1. The average molecular weight is 385 g/mol. The number of benzene rings is 1. The highest BCUT2D eigenvalue weighted by atomic mass is 32.2. The quantitative estimate of drug-likeness (QED) is 0.815. The minimum Gasteiger partial charge on any atom is -0.274 e. The van der Waals surface area contributed by atoms with Crippen LogP contribution < -0.4 is 0 Å². The van der Waals surface area contributed by atoms with Crippen LogP contribution in [-0.2, 0) is 23.2 Å². The molecule has 0 fully saturated rings. The van der Waals surface area contributed by atoms with Crippen LogP contribution in [0.2, 0.25) is 0 Å². The van der Waals surface area contributed by atoms with Gasteiger partial charge in [0, 0.05) is 26.3 Å². The molecule has 0 saturated carbocycles. The summed E-state index contributed by atoms with van der Waals surface area (Å²) in [5.74, 6) is 0. The predicted molar refractivity (Wildman–Crippen MR) is 90.7 cm³/mol. The van der Waals surface area contributed by atoms with E-state index in [9.17, 15) is 21.6 Å². The molecule has 1 aliphatic rings. The lowest BCUT2D eigenvalue weighted by atomic mass is 9.99. The maximum atomic E-state index is 13.1. The molecule has 1 aromatic heterocycles. The van der Waals surface area contributed by atoms with E-state index in [0.29, 0.717) is 6.42 Å². The zero-order valence-corrected chi connectivity index (χ0v) is 15.1. The van der Waals surface area contributed by atoms with Crippen molar-refractivity contribution in [3.8, 4) is 0 Å². The van der Waals surface area contributed by atoms with E-state index in [4.69, 9.17) is 0 Å². The molecular formula is C17H18F3N3O2S. The molecule has 1 aromatic carbocycles. The van der Waals surface area contributed by atoms with Gasteiger partial charge in [-0.05, 0) is 24.5 Å². The largest absolute Gasteiger partial charge is 0.436 e. The van der Waals surface area contributed by atoms with Gasteiger partial charge in [-0.1, -0.05) is 35.9 Å². The summed E-state index contributed by atoms with van der Waals surface area (Å²) in [6, 6.07) is 7.81. The fourth-order valence-corrected chi connectivity index (χ4v) is 4.53. The van der Waals surface area contributed by atoms with E-state index in [-0.39, 0.29) is 13.1 Å².